The zero-order chi connectivity index (χ0) is 22.7. The number of imide groups is 1. The first-order chi connectivity index (χ1) is 15.3. The lowest BCUT2D eigenvalue weighted by atomic mass is 9.85. The van der Waals surface area contributed by atoms with E-state index in [4.69, 9.17) is 11.1 Å². The molecule has 0 saturated carbocycles. The quantitative estimate of drug-likeness (QED) is 0.433. The molecule has 3 fully saturated rings. The van der Waals surface area contributed by atoms with E-state index in [1.807, 2.05) is 4.90 Å². The van der Waals surface area contributed by atoms with E-state index in [1.165, 1.54) is 29.2 Å². The van der Waals surface area contributed by atoms with Gasteiger partial charge in [-0.3, -0.25) is 24.8 Å². The summed E-state index contributed by atoms with van der Waals surface area (Å²) in [5, 5.41) is 7.40. The summed E-state index contributed by atoms with van der Waals surface area (Å²) in [6.07, 6.45) is 1.54. The third-order valence-corrected chi connectivity index (χ3v) is 6.87. The minimum atomic E-state index is -0.966. The standard InChI is InChI=1S/C23H21F3N4O2/c24-13-5-3-11(4-6-13)10-30-22(31)18-16-2-1-7-29(16)20(19(18)23(30)32)12-8-14(25)17(21(27)28)15(26)9-12/h3-6,8-9,16,18-20H,1-2,7,10H2,(H3,27,28)/t16-,18-,19-,20-/m0/s1. The van der Waals surface area contributed by atoms with Crippen LogP contribution in [0.1, 0.15) is 35.6 Å². The first kappa shape index (κ1) is 20.7. The van der Waals surface area contributed by atoms with Gasteiger partial charge in [-0.05, 0) is 54.8 Å². The highest BCUT2D eigenvalue weighted by atomic mass is 19.1. The molecule has 166 valence electrons. The molecule has 2 aromatic rings. The number of nitrogens with two attached hydrogens (primary N) is 1. The molecule has 2 aromatic carbocycles. The van der Waals surface area contributed by atoms with Gasteiger partial charge in [-0.25, -0.2) is 13.2 Å². The zero-order valence-corrected chi connectivity index (χ0v) is 17.0. The van der Waals surface area contributed by atoms with Crippen molar-refractivity contribution in [2.75, 3.05) is 6.54 Å². The second kappa shape index (κ2) is 7.44. The number of carbonyl (C=O) groups excluding carboxylic acids is 2. The molecule has 0 unspecified atom stereocenters. The molecule has 32 heavy (non-hydrogen) atoms. The molecule has 0 radical (unpaired) electrons. The van der Waals surface area contributed by atoms with E-state index in [1.54, 1.807) is 0 Å². The number of hydrogen-bond acceptors (Lipinski definition) is 4. The van der Waals surface area contributed by atoms with Gasteiger partial charge in [-0.15, -0.1) is 0 Å². The van der Waals surface area contributed by atoms with Gasteiger partial charge in [0, 0.05) is 12.1 Å². The van der Waals surface area contributed by atoms with Crippen LogP contribution in [-0.2, 0) is 16.1 Å². The number of fused-ring (bicyclic) bond motifs is 3. The highest BCUT2D eigenvalue weighted by Gasteiger charge is 2.63. The van der Waals surface area contributed by atoms with E-state index >= 15 is 0 Å². The molecule has 6 nitrogen and oxygen atoms in total. The maximum atomic E-state index is 14.6. The number of nitrogen functional groups attached to an aromatic ring is 1. The number of benzene rings is 2. The Morgan fingerprint density at radius 1 is 1.03 bits per heavy atom. The van der Waals surface area contributed by atoms with E-state index in [0.29, 0.717) is 12.1 Å². The van der Waals surface area contributed by atoms with Crippen LogP contribution in [0.25, 0.3) is 0 Å². The molecule has 3 saturated heterocycles. The molecule has 0 aliphatic carbocycles. The highest BCUT2D eigenvalue weighted by molar-refractivity contribution is 6.06. The van der Waals surface area contributed by atoms with Crippen LogP contribution in [0.5, 0.6) is 0 Å². The second-order valence-electron chi connectivity index (χ2n) is 8.61. The van der Waals surface area contributed by atoms with Gasteiger partial charge >= 0.3 is 0 Å². The van der Waals surface area contributed by atoms with Crippen molar-refractivity contribution in [3.8, 4) is 0 Å². The fourth-order valence-corrected chi connectivity index (χ4v) is 5.61. The second-order valence-corrected chi connectivity index (χ2v) is 8.61. The van der Waals surface area contributed by atoms with E-state index in [2.05, 4.69) is 0 Å². The van der Waals surface area contributed by atoms with E-state index in [9.17, 15) is 22.8 Å². The van der Waals surface area contributed by atoms with Crippen molar-refractivity contribution in [3.05, 3.63) is 70.5 Å². The normalized spacial score (nSPS) is 27.2. The van der Waals surface area contributed by atoms with Gasteiger partial charge in [0.15, 0.2) is 0 Å². The molecule has 4 atom stereocenters. The van der Waals surface area contributed by atoms with Crippen LogP contribution in [0.3, 0.4) is 0 Å². The van der Waals surface area contributed by atoms with Crippen LogP contribution >= 0.6 is 0 Å². The van der Waals surface area contributed by atoms with Crippen molar-refractivity contribution in [2.24, 2.45) is 17.6 Å². The predicted octanol–water partition coefficient (Wildman–Crippen LogP) is 2.71. The van der Waals surface area contributed by atoms with Gasteiger partial charge in [0.1, 0.15) is 23.3 Å². The Morgan fingerprint density at radius 2 is 1.66 bits per heavy atom. The van der Waals surface area contributed by atoms with Crippen molar-refractivity contribution < 1.29 is 22.8 Å². The van der Waals surface area contributed by atoms with Gasteiger partial charge in [0.2, 0.25) is 11.8 Å². The molecule has 3 aliphatic rings. The van der Waals surface area contributed by atoms with Gasteiger partial charge in [-0.1, -0.05) is 12.1 Å². The largest absolute Gasteiger partial charge is 0.384 e. The third-order valence-electron chi connectivity index (χ3n) is 6.87. The van der Waals surface area contributed by atoms with Crippen molar-refractivity contribution in [1.82, 2.24) is 9.80 Å². The molecule has 3 heterocycles. The van der Waals surface area contributed by atoms with Crippen molar-refractivity contribution in [3.63, 3.8) is 0 Å². The van der Waals surface area contributed by atoms with Crippen molar-refractivity contribution in [1.29, 1.82) is 5.41 Å². The Balaban J connectivity index is 1.52. The summed E-state index contributed by atoms with van der Waals surface area (Å²) >= 11 is 0. The average molecular weight is 442 g/mol. The van der Waals surface area contributed by atoms with E-state index < -0.39 is 46.7 Å². The summed E-state index contributed by atoms with van der Waals surface area (Å²) in [5.74, 6) is -5.09. The van der Waals surface area contributed by atoms with E-state index in [-0.39, 0.29) is 30.0 Å². The highest BCUT2D eigenvalue weighted by Crippen LogP contribution is 2.53. The maximum absolute atomic E-state index is 14.6. The number of halogens is 3. The number of amides is 2. The maximum Gasteiger partial charge on any atom is 0.235 e. The van der Waals surface area contributed by atoms with Crippen LogP contribution in [0.15, 0.2) is 36.4 Å². The van der Waals surface area contributed by atoms with Gasteiger partial charge < -0.3 is 5.73 Å². The van der Waals surface area contributed by atoms with Crippen molar-refractivity contribution >= 4 is 17.6 Å². The summed E-state index contributed by atoms with van der Waals surface area (Å²) in [5.41, 5.74) is 5.57. The molecular weight excluding hydrogens is 421 g/mol. The number of rotatable bonds is 4. The SMILES string of the molecule is N=C(N)c1c(F)cc([C@H]2[C@H]3C(=O)N(Cc4ccc(F)cc4)C(=O)[C@H]3[C@@H]3CCCN32)cc1F. The molecule has 3 aliphatic heterocycles. The fraction of sp³-hybridized carbons (Fsp3) is 0.348. The first-order valence-electron chi connectivity index (χ1n) is 10.5. The molecular formula is C23H21F3N4O2. The summed E-state index contributed by atoms with van der Waals surface area (Å²) in [4.78, 5) is 29.9. The topological polar surface area (TPSA) is 90.5 Å². The Labute approximate surface area is 182 Å². The van der Waals surface area contributed by atoms with Gasteiger partial charge in [-0.2, -0.15) is 0 Å². The molecule has 0 aromatic heterocycles. The van der Waals surface area contributed by atoms with Crippen molar-refractivity contribution in [2.45, 2.75) is 31.5 Å². The van der Waals surface area contributed by atoms with Gasteiger partial charge in [0.25, 0.3) is 0 Å². The lowest BCUT2D eigenvalue weighted by molar-refractivity contribution is -0.142. The summed E-state index contributed by atoms with van der Waals surface area (Å²) in [6.45, 7) is 0.648. The monoisotopic (exact) mass is 442 g/mol. The molecule has 9 heteroatoms. The van der Waals surface area contributed by atoms with Gasteiger partial charge in [0.05, 0.1) is 23.9 Å². The van der Waals surface area contributed by atoms with Crippen LogP contribution in [0.2, 0.25) is 0 Å². The Hall–Kier alpha value is -3.20. The molecule has 2 amide bonds. The minimum absolute atomic E-state index is 0.0242. The number of amidine groups is 1. The summed E-state index contributed by atoms with van der Waals surface area (Å²) in [7, 11) is 0. The average Bonchev–Trinajstić information content (AvgIpc) is 3.37. The molecule has 3 N–H and O–H groups in total. The predicted molar refractivity (Wildman–Crippen MR) is 109 cm³/mol. The summed E-state index contributed by atoms with van der Waals surface area (Å²) in [6, 6.07) is 6.98. The summed E-state index contributed by atoms with van der Waals surface area (Å²) < 4.78 is 42.4. The van der Waals surface area contributed by atoms with Crippen LogP contribution in [0.4, 0.5) is 13.2 Å². The Morgan fingerprint density at radius 3 is 2.28 bits per heavy atom. The number of hydrogen-bond donors (Lipinski definition) is 2. The number of carbonyl (C=O) groups is 2. The minimum Gasteiger partial charge on any atom is -0.384 e. The molecule has 0 spiro atoms. The Bertz CT molecular complexity index is 1110. The van der Waals surface area contributed by atoms with Crippen LogP contribution < -0.4 is 5.73 Å². The lowest BCUT2D eigenvalue weighted by Gasteiger charge is -2.29. The zero-order valence-electron chi connectivity index (χ0n) is 17.0. The lowest BCUT2D eigenvalue weighted by Crippen LogP contribution is -2.39. The van der Waals surface area contributed by atoms with Crippen LogP contribution in [-0.4, -0.2) is 40.0 Å². The molecule has 5 rings (SSSR count). The fourth-order valence-electron chi connectivity index (χ4n) is 5.61. The third kappa shape index (κ3) is 3.02. The number of nitrogens with zero attached hydrogens (tertiary/aromatic N) is 2. The Kier molecular flexibility index (Phi) is 4.81. The molecule has 0 bridgehead atoms. The first-order valence-corrected chi connectivity index (χ1v) is 10.5. The number of likely N-dealkylation sites (tertiary alicyclic amines) is 1. The smallest absolute Gasteiger partial charge is 0.235 e. The number of nitrogens with one attached hydrogen (secondary N) is 1. The van der Waals surface area contributed by atoms with Crippen LogP contribution in [0, 0.1) is 34.7 Å². The van der Waals surface area contributed by atoms with E-state index in [0.717, 1.165) is 25.0 Å².